The summed E-state index contributed by atoms with van der Waals surface area (Å²) < 4.78 is 19.5. The van der Waals surface area contributed by atoms with Crippen LogP contribution in [0.15, 0.2) is 66.9 Å². The number of para-hydroxylation sites is 1. The van der Waals surface area contributed by atoms with E-state index in [9.17, 15) is 4.39 Å². The van der Waals surface area contributed by atoms with E-state index < -0.39 is 0 Å². The number of aromatic nitrogens is 1. The molecule has 0 radical (unpaired) electrons. The van der Waals surface area contributed by atoms with Crippen LogP contribution in [0.3, 0.4) is 0 Å². The van der Waals surface area contributed by atoms with Gasteiger partial charge in [0.15, 0.2) is 0 Å². The van der Waals surface area contributed by atoms with Crippen LogP contribution in [0.1, 0.15) is 5.56 Å². The molecule has 3 aromatic carbocycles. The SMILES string of the molecule is Cc1cc2cnc(Oc3ccccc3)cc2c2cc(F)ccc12. The molecule has 0 saturated carbocycles. The first kappa shape index (κ1) is 13.7. The van der Waals surface area contributed by atoms with E-state index in [1.807, 2.05) is 49.4 Å². The maximum Gasteiger partial charge on any atom is 0.219 e. The Morgan fingerprint density at radius 1 is 0.870 bits per heavy atom. The molecule has 0 spiro atoms. The summed E-state index contributed by atoms with van der Waals surface area (Å²) in [6.07, 6.45) is 1.77. The van der Waals surface area contributed by atoms with Crippen LogP contribution in [-0.4, -0.2) is 4.98 Å². The van der Waals surface area contributed by atoms with Crippen molar-refractivity contribution in [1.82, 2.24) is 4.98 Å². The molecule has 0 atom stereocenters. The highest BCUT2D eigenvalue weighted by molar-refractivity contribution is 6.09. The maximum absolute atomic E-state index is 13.7. The molecule has 0 bridgehead atoms. The normalized spacial score (nSPS) is 11.0. The predicted molar refractivity (Wildman–Crippen MR) is 90.5 cm³/mol. The zero-order valence-corrected chi connectivity index (χ0v) is 12.6. The summed E-state index contributed by atoms with van der Waals surface area (Å²) in [5.74, 6) is 0.979. The van der Waals surface area contributed by atoms with Crippen LogP contribution in [0.25, 0.3) is 21.5 Å². The summed E-state index contributed by atoms with van der Waals surface area (Å²) >= 11 is 0. The van der Waals surface area contributed by atoms with Crippen LogP contribution in [-0.2, 0) is 0 Å². The van der Waals surface area contributed by atoms with Crippen LogP contribution in [0.4, 0.5) is 4.39 Å². The third-order valence-electron chi connectivity index (χ3n) is 3.94. The molecule has 1 aromatic heterocycles. The van der Waals surface area contributed by atoms with Gasteiger partial charge in [0.25, 0.3) is 0 Å². The molecular formula is C20H14FNO. The number of rotatable bonds is 2. The largest absolute Gasteiger partial charge is 0.439 e. The molecule has 4 aromatic rings. The smallest absolute Gasteiger partial charge is 0.219 e. The Kier molecular flexibility index (Phi) is 3.19. The summed E-state index contributed by atoms with van der Waals surface area (Å²) in [5, 5.41) is 3.82. The highest BCUT2D eigenvalue weighted by atomic mass is 19.1. The summed E-state index contributed by atoms with van der Waals surface area (Å²) in [4.78, 5) is 4.36. The molecule has 0 amide bonds. The van der Waals surface area contributed by atoms with E-state index in [1.54, 1.807) is 12.3 Å². The molecule has 1 heterocycles. The summed E-state index contributed by atoms with van der Waals surface area (Å²) in [7, 11) is 0. The van der Waals surface area contributed by atoms with E-state index >= 15 is 0 Å². The average Bonchev–Trinajstić information content (AvgIpc) is 2.56. The van der Waals surface area contributed by atoms with Crippen molar-refractivity contribution in [2.24, 2.45) is 0 Å². The first-order chi connectivity index (χ1) is 11.2. The molecule has 2 nitrogen and oxygen atoms in total. The average molecular weight is 303 g/mol. The monoisotopic (exact) mass is 303 g/mol. The number of aryl methyl sites for hydroxylation is 1. The quantitative estimate of drug-likeness (QED) is 0.448. The van der Waals surface area contributed by atoms with Crippen molar-refractivity contribution < 1.29 is 9.13 Å². The van der Waals surface area contributed by atoms with E-state index in [4.69, 9.17) is 4.74 Å². The van der Waals surface area contributed by atoms with Crippen LogP contribution in [0.5, 0.6) is 11.6 Å². The Morgan fingerprint density at radius 2 is 1.70 bits per heavy atom. The lowest BCUT2D eigenvalue weighted by Gasteiger charge is -2.10. The number of nitrogens with zero attached hydrogens (tertiary/aromatic N) is 1. The van der Waals surface area contributed by atoms with E-state index in [-0.39, 0.29) is 5.82 Å². The minimum Gasteiger partial charge on any atom is -0.439 e. The number of halogens is 1. The fourth-order valence-corrected chi connectivity index (χ4v) is 2.85. The predicted octanol–water partition coefficient (Wildman–Crippen LogP) is 5.63. The molecule has 0 aliphatic carbocycles. The maximum atomic E-state index is 13.7. The van der Waals surface area contributed by atoms with E-state index in [0.717, 1.165) is 32.9 Å². The number of hydrogen-bond acceptors (Lipinski definition) is 2. The second-order valence-electron chi connectivity index (χ2n) is 5.54. The first-order valence-corrected chi connectivity index (χ1v) is 7.42. The molecule has 3 heteroatoms. The molecule has 23 heavy (non-hydrogen) atoms. The zero-order chi connectivity index (χ0) is 15.8. The van der Waals surface area contributed by atoms with Gasteiger partial charge in [-0.1, -0.05) is 24.3 Å². The van der Waals surface area contributed by atoms with Gasteiger partial charge in [-0.25, -0.2) is 9.37 Å². The first-order valence-electron chi connectivity index (χ1n) is 7.42. The van der Waals surface area contributed by atoms with Crippen molar-refractivity contribution in [3.63, 3.8) is 0 Å². The molecule has 0 aliphatic rings. The van der Waals surface area contributed by atoms with Gasteiger partial charge >= 0.3 is 0 Å². The molecule has 0 fully saturated rings. The molecular weight excluding hydrogens is 289 g/mol. The van der Waals surface area contributed by atoms with Gasteiger partial charge in [-0.3, -0.25) is 0 Å². The third kappa shape index (κ3) is 2.50. The number of hydrogen-bond donors (Lipinski definition) is 0. The van der Waals surface area contributed by atoms with Gasteiger partial charge in [0.2, 0.25) is 5.88 Å². The Bertz CT molecular complexity index is 1010. The lowest BCUT2D eigenvalue weighted by atomic mass is 9.99. The standard InChI is InChI=1S/C20H14FNO/c1-13-9-14-12-22-20(23-16-5-3-2-4-6-16)11-18(14)19-10-15(21)7-8-17(13)19/h2-12H,1H3. The van der Waals surface area contributed by atoms with Crippen molar-refractivity contribution in [2.45, 2.75) is 6.92 Å². The third-order valence-corrected chi connectivity index (χ3v) is 3.94. The zero-order valence-electron chi connectivity index (χ0n) is 12.6. The van der Waals surface area contributed by atoms with Gasteiger partial charge in [-0.15, -0.1) is 0 Å². The van der Waals surface area contributed by atoms with Crippen LogP contribution in [0.2, 0.25) is 0 Å². The lowest BCUT2D eigenvalue weighted by Crippen LogP contribution is -1.90. The number of fused-ring (bicyclic) bond motifs is 3. The van der Waals surface area contributed by atoms with Gasteiger partial charge in [-0.2, -0.15) is 0 Å². The van der Waals surface area contributed by atoms with E-state index in [0.29, 0.717) is 5.88 Å². The summed E-state index contributed by atoms with van der Waals surface area (Å²) in [6.45, 7) is 2.02. The topological polar surface area (TPSA) is 22.1 Å². The highest BCUT2D eigenvalue weighted by Gasteiger charge is 2.08. The minimum absolute atomic E-state index is 0.244. The summed E-state index contributed by atoms with van der Waals surface area (Å²) in [5.41, 5.74) is 1.10. The van der Waals surface area contributed by atoms with Crippen LogP contribution < -0.4 is 4.74 Å². The van der Waals surface area contributed by atoms with Crippen molar-refractivity contribution in [3.05, 3.63) is 78.2 Å². The van der Waals surface area contributed by atoms with Crippen LogP contribution >= 0.6 is 0 Å². The fourth-order valence-electron chi connectivity index (χ4n) is 2.85. The van der Waals surface area contributed by atoms with Crippen molar-refractivity contribution in [3.8, 4) is 11.6 Å². The Balaban J connectivity index is 1.91. The summed E-state index contributed by atoms with van der Waals surface area (Å²) in [6, 6.07) is 18.3. The Labute approximate surface area is 133 Å². The number of benzene rings is 3. The Hall–Kier alpha value is -2.94. The molecule has 0 N–H and O–H groups in total. The van der Waals surface area contributed by atoms with Gasteiger partial charge in [0, 0.05) is 17.6 Å². The second-order valence-corrected chi connectivity index (χ2v) is 5.54. The molecule has 0 aliphatic heterocycles. The van der Waals surface area contributed by atoms with Crippen molar-refractivity contribution in [2.75, 3.05) is 0 Å². The van der Waals surface area contributed by atoms with Crippen molar-refractivity contribution >= 4 is 21.5 Å². The van der Waals surface area contributed by atoms with Gasteiger partial charge in [0.05, 0.1) is 0 Å². The van der Waals surface area contributed by atoms with E-state index in [1.165, 1.54) is 6.07 Å². The number of ether oxygens (including phenoxy) is 1. The lowest BCUT2D eigenvalue weighted by molar-refractivity contribution is 0.464. The Morgan fingerprint density at radius 3 is 2.52 bits per heavy atom. The second kappa shape index (κ2) is 5.36. The van der Waals surface area contributed by atoms with Gasteiger partial charge in [0.1, 0.15) is 11.6 Å². The molecule has 0 saturated heterocycles. The minimum atomic E-state index is -0.244. The number of pyridine rings is 1. The fraction of sp³-hybridized carbons (Fsp3) is 0.0500. The van der Waals surface area contributed by atoms with Crippen molar-refractivity contribution in [1.29, 1.82) is 0 Å². The highest BCUT2D eigenvalue weighted by Crippen LogP contribution is 2.31. The molecule has 4 rings (SSSR count). The van der Waals surface area contributed by atoms with E-state index in [2.05, 4.69) is 11.1 Å². The van der Waals surface area contributed by atoms with Gasteiger partial charge in [-0.05, 0) is 59.0 Å². The van der Waals surface area contributed by atoms with Crippen LogP contribution in [0, 0.1) is 12.7 Å². The molecule has 0 unspecified atom stereocenters. The van der Waals surface area contributed by atoms with Gasteiger partial charge < -0.3 is 4.74 Å². The molecule has 112 valence electrons.